The second kappa shape index (κ2) is 12.0. The topological polar surface area (TPSA) is 61.8 Å². The molecule has 0 aromatic heterocycles. The van der Waals surface area contributed by atoms with Crippen molar-refractivity contribution in [1.29, 1.82) is 0 Å². The Morgan fingerprint density at radius 3 is 2.09 bits per heavy atom. The number of hydrogen-bond donors (Lipinski definition) is 0. The first kappa shape index (κ1) is 21.5. The fraction of sp³-hybridized carbons (Fsp3) is 0.867. The van der Waals surface area contributed by atoms with E-state index in [2.05, 4.69) is 20.8 Å². The summed E-state index contributed by atoms with van der Waals surface area (Å²) >= 11 is 1.48. The van der Waals surface area contributed by atoms with E-state index >= 15 is 0 Å². The highest BCUT2D eigenvalue weighted by molar-refractivity contribution is 7.99. The van der Waals surface area contributed by atoms with Crippen LogP contribution in [0.4, 0.5) is 0 Å². The highest BCUT2D eigenvalue weighted by atomic mass is 32.2. The molecular weight excluding hydrogens is 320 g/mol. The Bertz CT molecular complexity index is 326. The van der Waals surface area contributed by atoms with E-state index in [1.54, 1.807) is 0 Å². The molecule has 0 saturated heterocycles. The number of carbonyl (C=O) groups excluding carboxylic acids is 2. The van der Waals surface area contributed by atoms with Gasteiger partial charge in [-0.15, -0.1) is 11.8 Å². The van der Waals surface area contributed by atoms with Crippen LogP contribution in [0.2, 0.25) is 18.1 Å². The van der Waals surface area contributed by atoms with Crippen molar-refractivity contribution in [2.45, 2.75) is 64.6 Å². The van der Waals surface area contributed by atoms with Crippen LogP contribution < -0.4 is 0 Å². The molecule has 0 aliphatic carbocycles. The number of rotatable bonds is 12. The summed E-state index contributed by atoms with van der Waals surface area (Å²) in [6, 6.07) is 3.45. The Labute approximate surface area is 139 Å². The zero-order valence-electron chi connectivity index (χ0n) is 14.5. The van der Waals surface area contributed by atoms with Crippen molar-refractivity contribution in [3.63, 3.8) is 0 Å². The molecule has 0 fully saturated rings. The summed E-state index contributed by atoms with van der Waals surface area (Å²) in [6.07, 6.45) is 0.900. The standard InChI is InChI=1S/C15H30O5SSi/c1-6-22(7-2,8-3)19-10-9-11-21-15(20-14(5)17)12-18-13(4)16/h15H,6-12H2,1-5H3/t15-/m1/s1. The van der Waals surface area contributed by atoms with E-state index in [-0.39, 0.29) is 18.5 Å². The van der Waals surface area contributed by atoms with E-state index < -0.39 is 13.8 Å². The predicted octanol–water partition coefficient (Wildman–Crippen LogP) is 3.58. The van der Waals surface area contributed by atoms with Crippen molar-refractivity contribution in [1.82, 2.24) is 0 Å². The van der Waals surface area contributed by atoms with Gasteiger partial charge in [-0.05, 0) is 30.3 Å². The zero-order valence-corrected chi connectivity index (χ0v) is 16.3. The molecule has 130 valence electrons. The lowest BCUT2D eigenvalue weighted by Crippen LogP contribution is -2.36. The quantitative estimate of drug-likeness (QED) is 0.232. The molecule has 0 rings (SSSR count). The van der Waals surface area contributed by atoms with Gasteiger partial charge < -0.3 is 13.9 Å². The Hall–Kier alpha value is -0.533. The molecule has 0 unspecified atom stereocenters. The summed E-state index contributed by atoms with van der Waals surface area (Å²) in [6.45, 7) is 10.2. The van der Waals surface area contributed by atoms with Gasteiger partial charge in [-0.3, -0.25) is 9.59 Å². The average Bonchev–Trinajstić information content (AvgIpc) is 2.48. The van der Waals surface area contributed by atoms with Crippen molar-refractivity contribution in [2.75, 3.05) is 19.0 Å². The minimum absolute atomic E-state index is 0.0952. The minimum atomic E-state index is -1.51. The van der Waals surface area contributed by atoms with Gasteiger partial charge in [0.05, 0.1) is 0 Å². The van der Waals surface area contributed by atoms with Gasteiger partial charge in [-0.1, -0.05) is 20.8 Å². The van der Waals surface area contributed by atoms with E-state index in [1.807, 2.05) is 0 Å². The van der Waals surface area contributed by atoms with Gasteiger partial charge in [-0.2, -0.15) is 0 Å². The van der Waals surface area contributed by atoms with Gasteiger partial charge in [0.1, 0.15) is 6.61 Å². The SMILES string of the molecule is CC[Si](CC)(CC)OCCCS[C@H](COC(C)=O)OC(C)=O. The maximum Gasteiger partial charge on any atom is 0.303 e. The molecule has 0 amide bonds. The van der Waals surface area contributed by atoms with Gasteiger partial charge in [0, 0.05) is 20.5 Å². The molecule has 0 aromatic rings. The Morgan fingerprint density at radius 1 is 1.05 bits per heavy atom. The summed E-state index contributed by atoms with van der Waals surface area (Å²) in [5.41, 5.74) is -0.438. The van der Waals surface area contributed by atoms with Crippen LogP contribution in [0.25, 0.3) is 0 Å². The molecule has 0 heterocycles. The van der Waals surface area contributed by atoms with Crippen molar-refractivity contribution in [3.8, 4) is 0 Å². The first-order valence-corrected chi connectivity index (χ1v) is 11.5. The molecule has 0 bridgehead atoms. The summed E-state index contributed by atoms with van der Waals surface area (Å²) < 4.78 is 16.2. The van der Waals surface area contributed by atoms with Crippen LogP contribution in [0.5, 0.6) is 0 Å². The van der Waals surface area contributed by atoms with Crippen LogP contribution in [-0.4, -0.2) is 44.7 Å². The van der Waals surface area contributed by atoms with Crippen molar-refractivity contribution in [3.05, 3.63) is 0 Å². The predicted molar refractivity (Wildman–Crippen MR) is 92.4 cm³/mol. The largest absolute Gasteiger partial charge is 0.461 e. The highest BCUT2D eigenvalue weighted by Gasteiger charge is 2.28. The van der Waals surface area contributed by atoms with Crippen LogP contribution >= 0.6 is 11.8 Å². The lowest BCUT2D eigenvalue weighted by atomic mass is 10.5. The van der Waals surface area contributed by atoms with Crippen LogP contribution in [0.3, 0.4) is 0 Å². The van der Waals surface area contributed by atoms with E-state index in [4.69, 9.17) is 13.9 Å². The third-order valence-corrected chi connectivity index (χ3v) is 9.46. The van der Waals surface area contributed by atoms with Crippen molar-refractivity contribution >= 4 is 32.0 Å². The van der Waals surface area contributed by atoms with E-state index in [1.165, 1.54) is 25.6 Å². The second-order valence-corrected chi connectivity index (χ2v) is 11.2. The normalized spacial score (nSPS) is 12.8. The molecule has 0 saturated carbocycles. The Kier molecular flexibility index (Phi) is 11.7. The fourth-order valence-corrected chi connectivity index (χ4v) is 5.71. The van der Waals surface area contributed by atoms with Gasteiger partial charge in [0.25, 0.3) is 0 Å². The number of esters is 2. The van der Waals surface area contributed by atoms with Crippen LogP contribution in [-0.2, 0) is 23.5 Å². The number of carbonyl (C=O) groups is 2. The molecule has 5 nitrogen and oxygen atoms in total. The number of ether oxygens (including phenoxy) is 2. The average molecular weight is 351 g/mol. The third kappa shape index (κ3) is 9.48. The lowest BCUT2D eigenvalue weighted by Gasteiger charge is -2.28. The summed E-state index contributed by atoms with van der Waals surface area (Å²) in [5.74, 6) is 0.0712. The van der Waals surface area contributed by atoms with Gasteiger partial charge in [-0.25, -0.2) is 0 Å². The monoisotopic (exact) mass is 350 g/mol. The van der Waals surface area contributed by atoms with Crippen LogP contribution in [0, 0.1) is 0 Å². The van der Waals surface area contributed by atoms with Gasteiger partial charge >= 0.3 is 11.9 Å². The van der Waals surface area contributed by atoms with E-state index in [9.17, 15) is 9.59 Å². The first-order chi connectivity index (χ1) is 10.4. The maximum absolute atomic E-state index is 11.0. The number of hydrogen-bond acceptors (Lipinski definition) is 6. The van der Waals surface area contributed by atoms with E-state index in [0.717, 1.165) is 36.9 Å². The van der Waals surface area contributed by atoms with Crippen LogP contribution in [0.15, 0.2) is 0 Å². The summed E-state index contributed by atoms with van der Waals surface area (Å²) in [4.78, 5) is 21.9. The molecule has 0 N–H and O–H groups in total. The Morgan fingerprint density at radius 2 is 1.64 bits per heavy atom. The van der Waals surface area contributed by atoms with Crippen LogP contribution in [0.1, 0.15) is 41.0 Å². The maximum atomic E-state index is 11.0. The fourth-order valence-electron chi connectivity index (χ4n) is 2.11. The summed E-state index contributed by atoms with van der Waals surface area (Å²) in [5, 5.41) is 0. The molecular formula is C15H30O5SSi. The molecule has 0 aliphatic rings. The smallest absolute Gasteiger partial charge is 0.303 e. The van der Waals surface area contributed by atoms with Crippen molar-refractivity contribution < 1.29 is 23.5 Å². The molecule has 1 atom stereocenters. The van der Waals surface area contributed by atoms with Gasteiger partial charge in [0.2, 0.25) is 0 Å². The third-order valence-electron chi connectivity index (χ3n) is 3.65. The molecule has 0 radical (unpaired) electrons. The Balaban J connectivity index is 4.06. The van der Waals surface area contributed by atoms with Crippen molar-refractivity contribution in [2.24, 2.45) is 0 Å². The van der Waals surface area contributed by atoms with E-state index in [0.29, 0.717) is 0 Å². The second-order valence-electron chi connectivity index (χ2n) is 5.16. The molecule has 0 aromatic carbocycles. The lowest BCUT2D eigenvalue weighted by molar-refractivity contribution is -0.151. The minimum Gasteiger partial charge on any atom is -0.461 e. The molecule has 0 spiro atoms. The van der Waals surface area contributed by atoms with Gasteiger partial charge in [0.15, 0.2) is 13.8 Å². The highest BCUT2D eigenvalue weighted by Crippen LogP contribution is 2.22. The number of thioether (sulfide) groups is 1. The molecule has 0 aliphatic heterocycles. The molecule has 22 heavy (non-hydrogen) atoms. The summed E-state index contributed by atoms with van der Waals surface area (Å²) in [7, 11) is -1.51. The first-order valence-electron chi connectivity index (χ1n) is 7.95. The zero-order chi connectivity index (χ0) is 17.0. The molecule has 7 heteroatoms.